The zero-order chi connectivity index (χ0) is 19.6. The van der Waals surface area contributed by atoms with Crippen molar-refractivity contribution in [3.63, 3.8) is 0 Å². The Hall–Kier alpha value is -2.28. The fourth-order valence-corrected chi connectivity index (χ4v) is 4.14. The quantitative estimate of drug-likeness (QED) is 0.874. The molecule has 2 aromatic rings. The molecule has 0 saturated carbocycles. The molecule has 0 aliphatic carbocycles. The predicted molar refractivity (Wildman–Crippen MR) is 109 cm³/mol. The molecule has 0 spiro atoms. The standard InChI is InChI=1S/C20H26N4O2S/c1-14-11-24(15-8-6-5-7-9-15)22-18(14)21-19(26)16-12-27-13-23(16)17(25)10-20(2,3)4/h5-9,11,16H,10,12-13H2,1-4H3,(H,21,22,26). The van der Waals surface area contributed by atoms with Crippen molar-refractivity contribution in [3.8, 4) is 5.69 Å². The Morgan fingerprint density at radius 1 is 1.26 bits per heavy atom. The lowest BCUT2D eigenvalue weighted by Crippen LogP contribution is -2.45. The molecule has 1 aliphatic heterocycles. The lowest BCUT2D eigenvalue weighted by atomic mass is 9.91. The van der Waals surface area contributed by atoms with Crippen LogP contribution in [0.15, 0.2) is 36.5 Å². The number of carbonyl (C=O) groups excluding carboxylic acids is 2. The van der Waals surface area contributed by atoms with Crippen LogP contribution in [0.2, 0.25) is 0 Å². The highest BCUT2D eigenvalue weighted by Crippen LogP contribution is 2.27. The van der Waals surface area contributed by atoms with Crippen LogP contribution in [0.5, 0.6) is 0 Å². The van der Waals surface area contributed by atoms with Gasteiger partial charge in [-0.3, -0.25) is 9.59 Å². The molecule has 2 heterocycles. The molecule has 1 aromatic heterocycles. The molecule has 6 nitrogen and oxygen atoms in total. The molecule has 1 unspecified atom stereocenters. The van der Waals surface area contributed by atoms with Gasteiger partial charge in [-0.1, -0.05) is 39.0 Å². The molecule has 2 amide bonds. The van der Waals surface area contributed by atoms with E-state index < -0.39 is 6.04 Å². The van der Waals surface area contributed by atoms with Crippen LogP contribution in [-0.4, -0.2) is 44.2 Å². The summed E-state index contributed by atoms with van der Waals surface area (Å²) in [5.41, 5.74) is 1.71. The zero-order valence-corrected chi connectivity index (χ0v) is 17.0. The minimum Gasteiger partial charge on any atom is -0.321 e. The van der Waals surface area contributed by atoms with E-state index in [9.17, 15) is 9.59 Å². The van der Waals surface area contributed by atoms with Gasteiger partial charge in [-0.2, -0.15) is 0 Å². The molecule has 144 valence electrons. The Morgan fingerprint density at radius 2 is 1.96 bits per heavy atom. The third-order valence-corrected chi connectivity index (χ3v) is 5.36. The summed E-state index contributed by atoms with van der Waals surface area (Å²) in [4.78, 5) is 27.1. The highest BCUT2D eigenvalue weighted by molar-refractivity contribution is 7.99. The fourth-order valence-electron chi connectivity index (χ4n) is 2.96. The van der Waals surface area contributed by atoms with E-state index in [0.717, 1.165) is 11.3 Å². The zero-order valence-electron chi connectivity index (χ0n) is 16.2. The van der Waals surface area contributed by atoms with Crippen LogP contribution >= 0.6 is 11.8 Å². The topological polar surface area (TPSA) is 67.2 Å². The first-order chi connectivity index (χ1) is 12.7. The lowest BCUT2D eigenvalue weighted by Gasteiger charge is -2.26. The van der Waals surface area contributed by atoms with Crippen LogP contribution in [0, 0.1) is 12.3 Å². The number of hydrogen-bond acceptors (Lipinski definition) is 4. The van der Waals surface area contributed by atoms with Gasteiger partial charge in [-0.05, 0) is 24.5 Å². The van der Waals surface area contributed by atoms with Crippen LogP contribution in [0.3, 0.4) is 0 Å². The normalized spacial score (nSPS) is 17.2. The number of rotatable bonds is 4. The number of aromatic nitrogens is 2. The Morgan fingerprint density at radius 3 is 2.63 bits per heavy atom. The molecular weight excluding hydrogens is 360 g/mol. The van der Waals surface area contributed by atoms with E-state index in [0.29, 0.717) is 23.9 Å². The number of thioether (sulfide) groups is 1. The number of benzene rings is 1. The summed E-state index contributed by atoms with van der Waals surface area (Å²) in [7, 11) is 0. The van der Waals surface area contributed by atoms with Crippen LogP contribution < -0.4 is 5.32 Å². The molecule has 27 heavy (non-hydrogen) atoms. The van der Waals surface area contributed by atoms with Gasteiger partial charge in [0.15, 0.2) is 5.82 Å². The van der Waals surface area contributed by atoms with Crippen molar-refractivity contribution < 1.29 is 9.59 Å². The van der Waals surface area contributed by atoms with Crippen molar-refractivity contribution >= 4 is 29.4 Å². The summed E-state index contributed by atoms with van der Waals surface area (Å²) in [6.07, 6.45) is 2.32. The monoisotopic (exact) mass is 386 g/mol. The van der Waals surface area contributed by atoms with E-state index in [1.165, 1.54) is 0 Å². The molecule has 0 bridgehead atoms. The molecule has 1 N–H and O–H groups in total. The van der Waals surface area contributed by atoms with Crippen molar-refractivity contribution in [2.24, 2.45) is 5.41 Å². The molecule has 1 aliphatic rings. The van der Waals surface area contributed by atoms with Gasteiger partial charge in [0.1, 0.15) is 6.04 Å². The minimum atomic E-state index is -0.453. The summed E-state index contributed by atoms with van der Waals surface area (Å²) in [5, 5.41) is 7.41. The number of hydrogen-bond donors (Lipinski definition) is 1. The number of amides is 2. The minimum absolute atomic E-state index is 0.0270. The van der Waals surface area contributed by atoms with E-state index in [1.807, 2.05) is 64.2 Å². The Labute approximate surface area is 164 Å². The summed E-state index contributed by atoms with van der Waals surface area (Å²) < 4.78 is 1.75. The molecule has 1 fully saturated rings. The Bertz CT molecular complexity index is 826. The highest BCUT2D eigenvalue weighted by atomic mass is 32.2. The van der Waals surface area contributed by atoms with Crippen molar-refractivity contribution in [2.45, 2.75) is 40.2 Å². The van der Waals surface area contributed by atoms with Gasteiger partial charge in [0.05, 0.1) is 11.6 Å². The van der Waals surface area contributed by atoms with Crippen molar-refractivity contribution in [2.75, 3.05) is 16.9 Å². The number of aryl methyl sites for hydroxylation is 1. The van der Waals surface area contributed by atoms with Crippen LogP contribution in [0.4, 0.5) is 5.82 Å². The van der Waals surface area contributed by atoms with Crippen molar-refractivity contribution in [3.05, 3.63) is 42.1 Å². The van der Waals surface area contributed by atoms with E-state index in [-0.39, 0.29) is 17.2 Å². The molecule has 1 saturated heterocycles. The first-order valence-corrected chi connectivity index (χ1v) is 10.2. The maximum absolute atomic E-state index is 12.8. The van der Waals surface area contributed by atoms with Crippen LogP contribution in [0.25, 0.3) is 5.69 Å². The van der Waals surface area contributed by atoms with Gasteiger partial charge in [-0.25, -0.2) is 4.68 Å². The fraction of sp³-hybridized carbons (Fsp3) is 0.450. The summed E-state index contributed by atoms with van der Waals surface area (Å²) >= 11 is 1.61. The molecule has 3 rings (SSSR count). The number of nitrogens with one attached hydrogen (secondary N) is 1. The maximum atomic E-state index is 12.8. The number of carbonyl (C=O) groups is 2. The molecular formula is C20H26N4O2S. The molecule has 1 atom stereocenters. The summed E-state index contributed by atoms with van der Waals surface area (Å²) in [6, 6.07) is 9.30. The third kappa shape index (κ3) is 4.71. The smallest absolute Gasteiger partial charge is 0.249 e. The van der Waals surface area contributed by atoms with Gasteiger partial charge in [0, 0.05) is 23.9 Å². The average molecular weight is 387 g/mol. The Balaban J connectivity index is 1.71. The Kier molecular flexibility index (Phi) is 5.60. The SMILES string of the molecule is Cc1cn(-c2ccccc2)nc1NC(=O)C1CSCN1C(=O)CC(C)(C)C. The number of anilines is 1. The van der Waals surface area contributed by atoms with Crippen LogP contribution in [-0.2, 0) is 9.59 Å². The first-order valence-electron chi connectivity index (χ1n) is 9.04. The molecule has 1 aromatic carbocycles. The van der Waals surface area contributed by atoms with Gasteiger partial charge in [-0.15, -0.1) is 16.9 Å². The third-order valence-electron chi connectivity index (χ3n) is 4.35. The van der Waals surface area contributed by atoms with E-state index in [4.69, 9.17) is 0 Å². The van der Waals surface area contributed by atoms with E-state index in [2.05, 4.69) is 10.4 Å². The van der Waals surface area contributed by atoms with E-state index in [1.54, 1.807) is 21.3 Å². The van der Waals surface area contributed by atoms with Gasteiger partial charge in [0.2, 0.25) is 11.8 Å². The number of nitrogens with zero attached hydrogens (tertiary/aromatic N) is 3. The first kappa shape index (κ1) is 19.5. The number of para-hydroxylation sites is 1. The van der Waals surface area contributed by atoms with Gasteiger partial charge in [0.25, 0.3) is 0 Å². The van der Waals surface area contributed by atoms with Crippen LogP contribution in [0.1, 0.15) is 32.8 Å². The highest BCUT2D eigenvalue weighted by Gasteiger charge is 2.36. The molecule has 0 radical (unpaired) electrons. The summed E-state index contributed by atoms with van der Waals surface area (Å²) in [5.74, 6) is 1.55. The van der Waals surface area contributed by atoms with Gasteiger partial charge >= 0.3 is 0 Å². The van der Waals surface area contributed by atoms with E-state index >= 15 is 0 Å². The maximum Gasteiger partial charge on any atom is 0.249 e. The summed E-state index contributed by atoms with van der Waals surface area (Å²) in [6.45, 7) is 8.00. The molecule has 7 heteroatoms. The second kappa shape index (κ2) is 7.76. The van der Waals surface area contributed by atoms with Crippen molar-refractivity contribution in [1.82, 2.24) is 14.7 Å². The lowest BCUT2D eigenvalue weighted by molar-refractivity contribution is -0.137. The van der Waals surface area contributed by atoms with Gasteiger partial charge < -0.3 is 10.2 Å². The predicted octanol–water partition coefficient (Wildman–Crippen LogP) is 3.46. The largest absolute Gasteiger partial charge is 0.321 e. The van der Waals surface area contributed by atoms with Crippen molar-refractivity contribution in [1.29, 1.82) is 0 Å². The second-order valence-corrected chi connectivity index (χ2v) is 9.05. The average Bonchev–Trinajstić information content (AvgIpc) is 3.22. The second-order valence-electron chi connectivity index (χ2n) is 8.05.